The van der Waals surface area contributed by atoms with Gasteiger partial charge in [0.2, 0.25) is 15.9 Å². The lowest BCUT2D eigenvalue weighted by molar-refractivity contribution is 0.0891. The maximum Gasteiger partial charge on any atom is 0.252 e. The van der Waals surface area contributed by atoms with E-state index in [9.17, 15) is 13.2 Å². The van der Waals surface area contributed by atoms with Crippen molar-refractivity contribution >= 4 is 15.9 Å². The molecule has 0 bridgehead atoms. The third-order valence-corrected chi connectivity index (χ3v) is 6.75. The largest absolute Gasteiger partial charge is 0.340 e. The number of nitrogens with zero attached hydrogens (tertiary/aromatic N) is 2. The molecule has 1 saturated carbocycles. The van der Waals surface area contributed by atoms with Gasteiger partial charge in [-0.1, -0.05) is 18.0 Å². The van der Waals surface area contributed by atoms with E-state index in [1.165, 1.54) is 13.1 Å². The lowest BCUT2D eigenvalue weighted by Crippen LogP contribution is -2.44. The number of amides is 1. The van der Waals surface area contributed by atoms with E-state index >= 15 is 0 Å². The second-order valence-electron chi connectivity index (χ2n) is 7.00. The second-order valence-corrected chi connectivity index (χ2v) is 8.86. The minimum absolute atomic E-state index is 0.103. The van der Waals surface area contributed by atoms with Gasteiger partial charge in [-0.25, -0.2) is 13.1 Å². The molecule has 0 aliphatic heterocycles. The minimum atomic E-state index is -3.67. The first-order chi connectivity index (χ1) is 12.7. The molecule has 0 atom stereocenters. The molecular weight excluding hydrogens is 368 g/mol. The van der Waals surface area contributed by atoms with Crippen molar-refractivity contribution in [3.05, 3.63) is 40.5 Å². The predicted octanol–water partition coefficient (Wildman–Crippen LogP) is 2.10. The van der Waals surface area contributed by atoms with E-state index in [1.807, 2.05) is 0 Å². The Morgan fingerprint density at radius 2 is 1.85 bits per heavy atom. The Labute approximate surface area is 158 Å². The van der Waals surface area contributed by atoms with Crippen molar-refractivity contribution in [2.45, 2.75) is 56.9 Å². The van der Waals surface area contributed by atoms with E-state index in [2.05, 4.69) is 20.2 Å². The summed E-state index contributed by atoms with van der Waals surface area (Å²) in [5, 5.41) is 7.05. The van der Waals surface area contributed by atoms with Gasteiger partial charge >= 0.3 is 0 Å². The molecule has 3 rings (SSSR count). The molecule has 1 aromatic carbocycles. The maximum absolute atomic E-state index is 13.0. The molecule has 8 nitrogen and oxygen atoms in total. The summed E-state index contributed by atoms with van der Waals surface area (Å²) in [6, 6.07) is 3.11. The number of nitrogens with one attached hydrogen (secondary N) is 2. The van der Waals surface area contributed by atoms with Gasteiger partial charge in [-0.2, -0.15) is 4.98 Å². The van der Waals surface area contributed by atoms with Gasteiger partial charge in [-0.05, 0) is 57.0 Å². The Hall–Kier alpha value is -2.26. The second kappa shape index (κ2) is 7.05. The molecule has 1 aromatic heterocycles. The van der Waals surface area contributed by atoms with Gasteiger partial charge in [0.15, 0.2) is 5.82 Å². The quantitative estimate of drug-likeness (QED) is 0.805. The topological polar surface area (TPSA) is 114 Å². The molecule has 0 radical (unpaired) electrons. The molecule has 27 heavy (non-hydrogen) atoms. The molecule has 1 fully saturated rings. The molecule has 2 aromatic rings. The third kappa shape index (κ3) is 3.61. The number of carbonyl (C=O) groups is 1. The van der Waals surface area contributed by atoms with Crippen LogP contribution in [0.1, 0.15) is 58.9 Å². The highest BCUT2D eigenvalue weighted by molar-refractivity contribution is 7.89. The summed E-state index contributed by atoms with van der Waals surface area (Å²) in [6.45, 7) is 5.22. The molecule has 1 aliphatic carbocycles. The van der Waals surface area contributed by atoms with E-state index in [4.69, 9.17) is 4.52 Å². The fourth-order valence-corrected chi connectivity index (χ4v) is 4.58. The van der Waals surface area contributed by atoms with Gasteiger partial charge in [0.1, 0.15) is 5.54 Å². The monoisotopic (exact) mass is 392 g/mol. The number of aryl methyl sites for hydroxylation is 2. The van der Waals surface area contributed by atoms with Gasteiger partial charge < -0.3 is 9.84 Å². The van der Waals surface area contributed by atoms with Gasteiger partial charge in [-0.3, -0.25) is 4.79 Å². The minimum Gasteiger partial charge on any atom is -0.340 e. The number of hydrogen-bond donors (Lipinski definition) is 2. The summed E-state index contributed by atoms with van der Waals surface area (Å²) in [5.41, 5.74) is 0.950. The van der Waals surface area contributed by atoms with E-state index in [0.717, 1.165) is 18.4 Å². The lowest BCUT2D eigenvalue weighted by atomic mass is 9.95. The van der Waals surface area contributed by atoms with Gasteiger partial charge in [0, 0.05) is 12.5 Å². The predicted molar refractivity (Wildman–Crippen MR) is 98.8 cm³/mol. The molecular formula is C18H24N4O4S. The summed E-state index contributed by atoms with van der Waals surface area (Å²) < 4.78 is 32.0. The first-order valence-corrected chi connectivity index (χ1v) is 10.3. The average molecular weight is 392 g/mol. The van der Waals surface area contributed by atoms with Crippen LogP contribution in [0.15, 0.2) is 21.6 Å². The molecule has 1 heterocycles. The Kier molecular flexibility index (Phi) is 5.09. The summed E-state index contributed by atoms with van der Waals surface area (Å²) in [7, 11) is -2.32. The maximum atomic E-state index is 13.0. The fraction of sp³-hybridized carbons (Fsp3) is 0.500. The van der Waals surface area contributed by atoms with Crippen LogP contribution in [-0.4, -0.2) is 31.5 Å². The number of rotatable bonds is 5. The van der Waals surface area contributed by atoms with Crippen LogP contribution in [0.3, 0.4) is 0 Å². The third-order valence-electron chi connectivity index (χ3n) is 5.21. The molecule has 146 valence electrons. The zero-order chi connectivity index (χ0) is 19.8. The van der Waals surface area contributed by atoms with E-state index in [0.29, 0.717) is 35.7 Å². The van der Waals surface area contributed by atoms with Crippen molar-refractivity contribution in [1.29, 1.82) is 0 Å². The average Bonchev–Trinajstić information content (AvgIpc) is 3.26. The first kappa shape index (κ1) is 19.5. The normalized spacial score (nSPS) is 16.4. The Bertz CT molecular complexity index is 975. The Morgan fingerprint density at radius 3 is 2.41 bits per heavy atom. The summed E-state index contributed by atoms with van der Waals surface area (Å²) >= 11 is 0. The van der Waals surface area contributed by atoms with E-state index < -0.39 is 15.6 Å². The molecule has 1 aliphatic rings. The van der Waals surface area contributed by atoms with E-state index in [-0.39, 0.29) is 10.8 Å². The number of sulfonamides is 1. The highest BCUT2D eigenvalue weighted by atomic mass is 32.2. The Balaban J connectivity index is 1.98. The van der Waals surface area contributed by atoms with Crippen molar-refractivity contribution in [3.8, 4) is 0 Å². The summed E-state index contributed by atoms with van der Waals surface area (Å²) in [6.07, 6.45) is 3.31. The van der Waals surface area contributed by atoms with Crippen molar-refractivity contribution in [3.63, 3.8) is 0 Å². The summed E-state index contributed by atoms with van der Waals surface area (Å²) in [4.78, 5) is 17.4. The highest BCUT2D eigenvalue weighted by Gasteiger charge is 2.41. The van der Waals surface area contributed by atoms with Gasteiger partial charge in [0.25, 0.3) is 5.91 Å². The zero-order valence-electron chi connectivity index (χ0n) is 15.9. The van der Waals surface area contributed by atoms with Crippen molar-refractivity contribution in [2.24, 2.45) is 0 Å². The first-order valence-electron chi connectivity index (χ1n) is 8.87. The summed E-state index contributed by atoms with van der Waals surface area (Å²) in [5.74, 6) is 0.562. The Morgan fingerprint density at radius 1 is 1.19 bits per heavy atom. The molecule has 9 heteroatoms. The van der Waals surface area contributed by atoms with Crippen LogP contribution in [0.5, 0.6) is 0 Å². The SMILES string of the molecule is CNS(=O)(=O)c1cc(C(=O)NC2(c3noc(C)n3)CCCC2)cc(C)c1C. The number of carbonyl (C=O) groups excluding carboxylic acids is 1. The van der Waals surface area contributed by atoms with Crippen LogP contribution in [0.2, 0.25) is 0 Å². The van der Waals surface area contributed by atoms with Crippen molar-refractivity contribution in [1.82, 2.24) is 20.2 Å². The van der Waals surface area contributed by atoms with Crippen LogP contribution < -0.4 is 10.0 Å². The molecule has 0 saturated heterocycles. The number of benzene rings is 1. The number of aromatic nitrogens is 2. The smallest absolute Gasteiger partial charge is 0.252 e. The van der Waals surface area contributed by atoms with Crippen LogP contribution in [0, 0.1) is 20.8 Å². The number of hydrogen-bond acceptors (Lipinski definition) is 6. The molecule has 0 unspecified atom stereocenters. The van der Waals surface area contributed by atoms with Crippen LogP contribution in [0.25, 0.3) is 0 Å². The molecule has 0 spiro atoms. The van der Waals surface area contributed by atoms with Gasteiger partial charge in [-0.15, -0.1) is 0 Å². The fourth-order valence-electron chi connectivity index (χ4n) is 3.51. The molecule has 2 N–H and O–H groups in total. The van der Waals surface area contributed by atoms with Crippen LogP contribution in [-0.2, 0) is 15.6 Å². The van der Waals surface area contributed by atoms with Crippen LogP contribution >= 0.6 is 0 Å². The molecule has 1 amide bonds. The standard InChI is InChI=1S/C18H24N4O4S/c1-11-9-14(10-15(12(11)2)27(24,25)19-4)16(23)21-18(7-5-6-8-18)17-20-13(3)26-22-17/h9-10,19H,5-8H2,1-4H3,(H,21,23). The van der Waals surface area contributed by atoms with Gasteiger partial charge in [0.05, 0.1) is 4.90 Å². The zero-order valence-corrected chi connectivity index (χ0v) is 16.7. The highest BCUT2D eigenvalue weighted by Crippen LogP contribution is 2.37. The van der Waals surface area contributed by atoms with Crippen LogP contribution in [0.4, 0.5) is 0 Å². The van der Waals surface area contributed by atoms with Crippen molar-refractivity contribution < 1.29 is 17.7 Å². The lowest BCUT2D eigenvalue weighted by Gasteiger charge is -2.27. The van der Waals surface area contributed by atoms with Crippen molar-refractivity contribution in [2.75, 3.05) is 7.05 Å². The van der Waals surface area contributed by atoms with E-state index in [1.54, 1.807) is 26.8 Å².